The minimum absolute atomic E-state index is 0.107. The molecule has 2 fully saturated rings. The lowest BCUT2D eigenvalue weighted by molar-refractivity contribution is -0.121. The maximum atomic E-state index is 12.6. The first kappa shape index (κ1) is 17.2. The van der Waals surface area contributed by atoms with Crippen LogP contribution in [0, 0.1) is 11.3 Å². The third kappa shape index (κ3) is 3.72. The first-order valence-electron chi connectivity index (χ1n) is 8.81. The van der Waals surface area contributed by atoms with Crippen molar-refractivity contribution in [1.29, 1.82) is 5.26 Å². The van der Waals surface area contributed by atoms with Gasteiger partial charge in [-0.25, -0.2) is 4.68 Å². The summed E-state index contributed by atoms with van der Waals surface area (Å²) in [7, 11) is 0. The summed E-state index contributed by atoms with van der Waals surface area (Å²) < 4.78 is 1.86. The molecule has 0 spiro atoms. The summed E-state index contributed by atoms with van der Waals surface area (Å²) in [6.45, 7) is 1.85. The lowest BCUT2D eigenvalue weighted by Crippen LogP contribution is -2.51. The summed E-state index contributed by atoms with van der Waals surface area (Å²) in [5.41, 5.74) is -0.693. The quantitative estimate of drug-likeness (QED) is 0.822. The van der Waals surface area contributed by atoms with E-state index in [0.29, 0.717) is 11.2 Å². The normalized spacial score (nSPS) is 22.0. The predicted molar refractivity (Wildman–Crippen MR) is 90.2 cm³/mol. The van der Waals surface area contributed by atoms with Gasteiger partial charge in [-0.15, -0.1) is 5.10 Å². The van der Waals surface area contributed by atoms with E-state index in [1.165, 1.54) is 24.6 Å². The molecule has 1 aromatic rings. The Morgan fingerprint density at radius 3 is 2.71 bits per heavy atom. The highest BCUT2D eigenvalue weighted by atomic mass is 32.2. The highest BCUT2D eigenvalue weighted by Crippen LogP contribution is 2.33. The molecule has 0 bridgehead atoms. The van der Waals surface area contributed by atoms with E-state index in [0.717, 1.165) is 44.9 Å². The number of nitrogens with one attached hydrogen (secondary N) is 1. The molecular weight excluding hydrogens is 324 g/mol. The number of aromatic nitrogens is 4. The number of nitriles is 1. The van der Waals surface area contributed by atoms with Gasteiger partial charge in [-0.05, 0) is 43.0 Å². The number of thioether (sulfide) groups is 1. The van der Waals surface area contributed by atoms with Crippen molar-refractivity contribution in [3.05, 3.63) is 0 Å². The van der Waals surface area contributed by atoms with Crippen LogP contribution < -0.4 is 5.32 Å². The number of hydrogen-bond donors (Lipinski definition) is 1. The molecule has 1 N–H and O–H groups in total. The molecule has 0 radical (unpaired) electrons. The summed E-state index contributed by atoms with van der Waals surface area (Å²) in [5, 5.41) is 24.8. The fourth-order valence-electron chi connectivity index (χ4n) is 3.61. The molecular formula is C16H24N6OS. The van der Waals surface area contributed by atoms with Crippen LogP contribution in [0.15, 0.2) is 5.16 Å². The lowest BCUT2D eigenvalue weighted by Gasteiger charge is -2.32. The van der Waals surface area contributed by atoms with Crippen molar-refractivity contribution in [3.63, 3.8) is 0 Å². The maximum Gasteiger partial charge on any atom is 0.234 e. The van der Waals surface area contributed by atoms with Crippen LogP contribution in [0.3, 0.4) is 0 Å². The van der Waals surface area contributed by atoms with Crippen molar-refractivity contribution < 1.29 is 4.79 Å². The highest BCUT2D eigenvalue weighted by molar-refractivity contribution is 8.00. The SMILES string of the molecule is C[C@@H](Sc1nnnn1C1CCCC1)C(=O)NC1(C#N)CCCCC1. The van der Waals surface area contributed by atoms with Crippen LogP contribution in [-0.4, -0.2) is 36.9 Å². The van der Waals surface area contributed by atoms with E-state index in [9.17, 15) is 10.1 Å². The number of carbonyl (C=O) groups is 1. The Labute approximate surface area is 146 Å². The summed E-state index contributed by atoms with van der Waals surface area (Å²) >= 11 is 1.37. The van der Waals surface area contributed by atoms with Gasteiger partial charge in [0.05, 0.1) is 17.4 Å². The van der Waals surface area contributed by atoms with Crippen LogP contribution in [0.25, 0.3) is 0 Å². The van der Waals surface area contributed by atoms with E-state index in [1.807, 2.05) is 11.6 Å². The monoisotopic (exact) mass is 348 g/mol. The standard InChI is InChI=1S/C16H24N6OS/c1-12(14(23)18-16(11-17)9-5-2-6-10-16)24-15-19-20-21-22(15)13-7-3-4-8-13/h12-13H,2-10H2,1H3,(H,18,23)/t12-/m1/s1. The van der Waals surface area contributed by atoms with E-state index in [4.69, 9.17) is 0 Å². The number of rotatable bonds is 5. The minimum atomic E-state index is -0.693. The van der Waals surface area contributed by atoms with E-state index in [2.05, 4.69) is 26.9 Å². The van der Waals surface area contributed by atoms with E-state index < -0.39 is 5.54 Å². The molecule has 1 heterocycles. The zero-order valence-corrected chi connectivity index (χ0v) is 14.9. The number of amides is 1. The van der Waals surface area contributed by atoms with Gasteiger partial charge in [-0.2, -0.15) is 5.26 Å². The van der Waals surface area contributed by atoms with Gasteiger partial charge < -0.3 is 5.32 Å². The molecule has 1 amide bonds. The molecule has 1 aromatic heterocycles. The number of hydrogen-bond acceptors (Lipinski definition) is 6. The van der Waals surface area contributed by atoms with Crippen LogP contribution in [-0.2, 0) is 4.79 Å². The van der Waals surface area contributed by atoms with Gasteiger partial charge in [-0.3, -0.25) is 4.79 Å². The van der Waals surface area contributed by atoms with E-state index >= 15 is 0 Å². The maximum absolute atomic E-state index is 12.6. The molecule has 0 saturated heterocycles. The van der Waals surface area contributed by atoms with E-state index in [-0.39, 0.29) is 11.2 Å². The first-order chi connectivity index (χ1) is 11.6. The third-order valence-corrected chi connectivity index (χ3v) is 6.12. The molecule has 7 nitrogen and oxygen atoms in total. The van der Waals surface area contributed by atoms with Gasteiger partial charge in [-0.1, -0.05) is 43.9 Å². The molecule has 8 heteroatoms. The minimum Gasteiger partial charge on any atom is -0.337 e. The second-order valence-electron chi connectivity index (χ2n) is 6.85. The number of carbonyl (C=O) groups excluding carboxylic acids is 1. The summed E-state index contributed by atoms with van der Waals surface area (Å²) in [6, 6.07) is 2.68. The van der Waals surface area contributed by atoms with Crippen molar-refractivity contribution in [2.75, 3.05) is 0 Å². The topological polar surface area (TPSA) is 96.5 Å². The van der Waals surface area contributed by atoms with Crippen LogP contribution in [0.1, 0.15) is 70.8 Å². The Kier molecular flexibility index (Phi) is 5.39. The third-order valence-electron chi connectivity index (χ3n) is 5.07. The molecule has 0 unspecified atom stereocenters. The second kappa shape index (κ2) is 7.51. The molecule has 0 aliphatic heterocycles. The Morgan fingerprint density at radius 2 is 2.04 bits per heavy atom. The van der Waals surface area contributed by atoms with Gasteiger partial charge in [0.15, 0.2) is 0 Å². The van der Waals surface area contributed by atoms with Crippen molar-refractivity contribution in [1.82, 2.24) is 25.5 Å². The average Bonchev–Trinajstić information content (AvgIpc) is 3.26. The average molecular weight is 348 g/mol. The van der Waals surface area contributed by atoms with Gasteiger partial charge in [0, 0.05) is 0 Å². The summed E-state index contributed by atoms with van der Waals surface area (Å²) in [6.07, 6.45) is 9.21. The first-order valence-corrected chi connectivity index (χ1v) is 9.69. The van der Waals surface area contributed by atoms with Crippen molar-refractivity contribution in [2.24, 2.45) is 0 Å². The summed E-state index contributed by atoms with van der Waals surface area (Å²) in [4.78, 5) is 12.6. The molecule has 3 rings (SSSR count). The number of nitrogens with zero attached hydrogens (tertiary/aromatic N) is 5. The number of tetrazole rings is 1. The van der Waals surface area contributed by atoms with Crippen molar-refractivity contribution in [3.8, 4) is 6.07 Å². The molecule has 24 heavy (non-hydrogen) atoms. The van der Waals surface area contributed by atoms with Gasteiger partial charge >= 0.3 is 0 Å². The molecule has 2 aliphatic carbocycles. The van der Waals surface area contributed by atoms with Crippen LogP contribution in [0.4, 0.5) is 0 Å². The molecule has 2 saturated carbocycles. The Hall–Kier alpha value is -1.62. The predicted octanol–water partition coefficient (Wildman–Crippen LogP) is 2.61. The zero-order valence-electron chi connectivity index (χ0n) is 14.1. The van der Waals surface area contributed by atoms with E-state index in [1.54, 1.807) is 0 Å². The fraction of sp³-hybridized carbons (Fsp3) is 0.812. The molecule has 130 valence electrons. The van der Waals surface area contributed by atoms with Crippen LogP contribution >= 0.6 is 11.8 Å². The Balaban J connectivity index is 1.62. The van der Waals surface area contributed by atoms with Crippen LogP contribution in [0.5, 0.6) is 0 Å². The van der Waals surface area contributed by atoms with Gasteiger partial charge in [0.25, 0.3) is 0 Å². The lowest BCUT2D eigenvalue weighted by atomic mass is 9.83. The highest BCUT2D eigenvalue weighted by Gasteiger charge is 2.35. The molecule has 0 aromatic carbocycles. The van der Waals surface area contributed by atoms with Crippen molar-refractivity contribution in [2.45, 2.75) is 86.7 Å². The van der Waals surface area contributed by atoms with Gasteiger partial charge in [0.2, 0.25) is 11.1 Å². The van der Waals surface area contributed by atoms with Crippen molar-refractivity contribution >= 4 is 17.7 Å². The fourth-order valence-corrected chi connectivity index (χ4v) is 4.47. The van der Waals surface area contributed by atoms with Gasteiger partial charge in [0.1, 0.15) is 5.54 Å². The largest absolute Gasteiger partial charge is 0.337 e. The van der Waals surface area contributed by atoms with Crippen LogP contribution in [0.2, 0.25) is 0 Å². The summed E-state index contributed by atoms with van der Waals surface area (Å²) in [5.74, 6) is -0.107. The Morgan fingerprint density at radius 1 is 1.33 bits per heavy atom. The molecule has 2 aliphatic rings. The smallest absolute Gasteiger partial charge is 0.234 e. The second-order valence-corrected chi connectivity index (χ2v) is 8.16. The zero-order chi connectivity index (χ0) is 17.0. The Bertz CT molecular complexity index is 612. The molecule has 1 atom stereocenters.